The summed E-state index contributed by atoms with van der Waals surface area (Å²) >= 11 is 2.88. The third-order valence-corrected chi connectivity index (χ3v) is 7.94. The van der Waals surface area contributed by atoms with E-state index in [-0.39, 0.29) is 17.4 Å². The minimum atomic E-state index is -4.60. The Morgan fingerprint density at radius 1 is 1.00 bits per heavy atom. The Hall–Kier alpha value is -2.79. The van der Waals surface area contributed by atoms with Crippen molar-refractivity contribution in [2.24, 2.45) is 11.8 Å². The Morgan fingerprint density at radius 3 is 2.20 bits per heavy atom. The van der Waals surface area contributed by atoms with Gasteiger partial charge in [0.2, 0.25) is 11.8 Å². The predicted octanol–water partition coefficient (Wildman–Crippen LogP) is 6.05. The molecule has 1 atom stereocenters. The molecule has 2 amide bonds. The maximum absolute atomic E-state index is 13.6. The van der Waals surface area contributed by atoms with Crippen molar-refractivity contribution in [1.29, 1.82) is 0 Å². The number of carbonyl (C=O) groups is 2. The normalized spacial score (nSPS) is 19.2. The molecule has 0 aliphatic heterocycles. The van der Waals surface area contributed by atoms with Gasteiger partial charge in [-0.2, -0.15) is 13.2 Å². The molecule has 0 spiro atoms. The minimum absolute atomic E-state index is 0.00656. The Balaban J connectivity index is 1.31. The Kier molecular flexibility index (Phi) is 7.56. The van der Waals surface area contributed by atoms with Crippen LogP contribution in [0.4, 0.5) is 18.3 Å². The SMILES string of the molecule is Cc1nc(C)c(-c2csc(NC(=O)C3CCC(C(=O)N[C@H](c4ccccc4)C(F)(F)F)CC3)n2)s1. The lowest BCUT2D eigenvalue weighted by Gasteiger charge is -2.29. The molecule has 1 saturated carbocycles. The lowest BCUT2D eigenvalue weighted by Crippen LogP contribution is -2.42. The molecule has 2 aromatic heterocycles. The zero-order valence-electron chi connectivity index (χ0n) is 19.2. The highest BCUT2D eigenvalue weighted by Crippen LogP contribution is 2.36. The fraction of sp³-hybridized carbons (Fsp3) is 0.417. The summed E-state index contributed by atoms with van der Waals surface area (Å²) in [7, 11) is 0. The molecule has 2 heterocycles. The third-order valence-electron chi connectivity index (χ3n) is 6.09. The number of aromatic nitrogens is 2. The van der Waals surface area contributed by atoms with E-state index in [1.54, 1.807) is 17.4 Å². The van der Waals surface area contributed by atoms with Crippen LogP contribution in [0.2, 0.25) is 0 Å². The number of aryl methyl sites for hydroxylation is 2. The predicted molar refractivity (Wildman–Crippen MR) is 130 cm³/mol. The number of halogens is 3. The van der Waals surface area contributed by atoms with E-state index in [9.17, 15) is 22.8 Å². The Morgan fingerprint density at radius 2 is 1.63 bits per heavy atom. The molecule has 11 heteroatoms. The van der Waals surface area contributed by atoms with E-state index >= 15 is 0 Å². The molecule has 6 nitrogen and oxygen atoms in total. The number of benzene rings is 1. The largest absolute Gasteiger partial charge is 0.412 e. The summed E-state index contributed by atoms with van der Waals surface area (Å²) in [5, 5.41) is 8.34. The Labute approximate surface area is 209 Å². The molecule has 0 unspecified atom stereocenters. The molecule has 4 rings (SSSR count). The average Bonchev–Trinajstić information content (AvgIpc) is 3.42. The van der Waals surface area contributed by atoms with Crippen molar-refractivity contribution in [2.45, 2.75) is 51.7 Å². The van der Waals surface area contributed by atoms with Crippen LogP contribution in [0.1, 0.15) is 48.0 Å². The zero-order chi connectivity index (χ0) is 25.2. The Bertz CT molecular complexity index is 1190. The molecule has 3 aromatic rings. The van der Waals surface area contributed by atoms with Crippen LogP contribution >= 0.6 is 22.7 Å². The number of rotatable bonds is 6. The van der Waals surface area contributed by atoms with Crippen molar-refractivity contribution in [1.82, 2.24) is 15.3 Å². The highest BCUT2D eigenvalue weighted by molar-refractivity contribution is 7.16. The summed E-state index contributed by atoms with van der Waals surface area (Å²) in [6.07, 6.45) is -3.04. The standard InChI is InChI=1S/C24H25F3N4O2S2/c1-13-19(35-14(2)28-13)18-12-34-23(29-18)31-22(33)17-10-8-16(9-11-17)21(32)30-20(24(25,26)27)15-6-4-3-5-7-15/h3-7,12,16-17,20H,8-11H2,1-2H3,(H,30,32)(H,29,31,33)/t16?,17?,20-/m1/s1. The van der Waals surface area contributed by atoms with Crippen LogP contribution in [0.15, 0.2) is 35.7 Å². The number of alkyl halides is 3. The topological polar surface area (TPSA) is 84.0 Å². The molecule has 2 N–H and O–H groups in total. The number of hydrogen-bond donors (Lipinski definition) is 2. The first-order valence-electron chi connectivity index (χ1n) is 11.2. The van der Waals surface area contributed by atoms with Crippen LogP contribution in [-0.4, -0.2) is 28.0 Å². The van der Waals surface area contributed by atoms with Gasteiger partial charge in [-0.1, -0.05) is 30.3 Å². The molecule has 0 saturated heterocycles. The van der Waals surface area contributed by atoms with Gasteiger partial charge >= 0.3 is 6.18 Å². The van der Waals surface area contributed by atoms with E-state index in [0.717, 1.165) is 21.3 Å². The summed E-state index contributed by atoms with van der Waals surface area (Å²) in [6, 6.07) is 5.29. The van der Waals surface area contributed by atoms with E-state index in [2.05, 4.69) is 20.6 Å². The third kappa shape index (κ3) is 6.07. The lowest BCUT2D eigenvalue weighted by molar-refractivity contribution is -0.165. The summed E-state index contributed by atoms with van der Waals surface area (Å²) < 4.78 is 40.7. The van der Waals surface area contributed by atoms with E-state index in [1.165, 1.54) is 35.6 Å². The maximum atomic E-state index is 13.6. The molecular weight excluding hydrogens is 497 g/mol. The van der Waals surface area contributed by atoms with Gasteiger partial charge < -0.3 is 10.6 Å². The molecule has 1 aliphatic rings. The van der Waals surface area contributed by atoms with Crippen LogP contribution in [-0.2, 0) is 9.59 Å². The first kappa shape index (κ1) is 25.3. The number of nitrogens with one attached hydrogen (secondary N) is 2. The van der Waals surface area contributed by atoms with Crippen LogP contribution in [0.25, 0.3) is 10.6 Å². The fourth-order valence-corrected chi connectivity index (χ4v) is 5.95. The summed E-state index contributed by atoms with van der Waals surface area (Å²) in [5.41, 5.74) is 1.66. The van der Waals surface area contributed by atoms with Gasteiger partial charge in [0, 0.05) is 17.2 Å². The number of hydrogen-bond acceptors (Lipinski definition) is 6. The lowest BCUT2D eigenvalue weighted by atomic mass is 9.81. The number of nitrogens with zero attached hydrogens (tertiary/aromatic N) is 2. The van der Waals surface area contributed by atoms with Gasteiger partial charge in [0.15, 0.2) is 11.2 Å². The summed E-state index contributed by atoms with van der Waals surface area (Å²) in [4.78, 5) is 35.3. The number of thiazole rings is 2. The maximum Gasteiger partial charge on any atom is 0.412 e. The van der Waals surface area contributed by atoms with Gasteiger partial charge in [-0.05, 0) is 45.1 Å². The molecule has 1 fully saturated rings. The number of anilines is 1. The smallest absolute Gasteiger partial charge is 0.341 e. The van der Waals surface area contributed by atoms with Crippen molar-refractivity contribution >= 4 is 39.6 Å². The number of carbonyl (C=O) groups excluding carboxylic acids is 2. The van der Waals surface area contributed by atoms with Crippen LogP contribution in [0, 0.1) is 25.7 Å². The molecular formula is C24H25F3N4O2S2. The van der Waals surface area contributed by atoms with Gasteiger partial charge in [0.05, 0.1) is 21.3 Å². The van der Waals surface area contributed by atoms with E-state index in [0.29, 0.717) is 30.8 Å². The molecule has 0 bridgehead atoms. The van der Waals surface area contributed by atoms with Gasteiger partial charge in [0.1, 0.15) is 0 Å². The molecule has 35 heavy (non-hydrogen) atoms. The van der Waals surface area contributed by atoms with Crippen molar-refractivity contribution in [3.05, 3.63) is 52.0 Å². The van der Waals surface area contributed by atoms with Crippen molar-refractivity contribution in [3.8, 4) is 10.6 Å². The zero-order valence-corrected chi connectivity index (χ0v) is 20.8. The second-order valence-electron chi connectivity index (χ2n) is 8.62. The van der Waals surface area contributed by atoms with Crippen LogP contribution in [0.3, 0.4) is 0 Å². The van der Waals surface area contributed by atoms with Crippen LogP contribution < -0.4 is 10.6 Å². The average molecular weight is 523 g/mol. The molecule has 1 aliphatic carbocycles. The molecule has 186 valence electrons. The monoisotopic (exact) mass is 522 g/mol. The molecule has 1 aromatic carbocycles. The fourth-order valence-electron chi connectivity index (χ4n) is 4.29. The highest BCUT2D eigenvalue weighted by Gasteiger charge is 2.43. The summed E-state index contributed by atoms with van der Waals surface area (Å²) in [6.45, 7) is 3.85. The minimum Gasteiger partial charge on any atom is -0.341 e. The first-order chi connectivity index (χ1) is 16.6. The van der Waals surface area contributed by atoms with E-state index in [1.807, 2.05) is 19.2 Å². The van der Waals surface area contributed by atoms with E-state index in [4.69, 9.17) is 0 Å². The van der Waals surface area contributed by atoms with Gasteiger partial charge in [-0.25, -0.2) is 9.97 Å². The van der Waals surface area contributed by atoms with Gasteiger partial charge in [0.25, 0.3) is 0 Å². The second-order valence-corrected chi connectivity index (χ2v) is 10.7. The van der Waals surface area contributed by atoms with E-state index < -0.39 is 24.0 Å². The second kappa shape index (κ2) is 10.4. The van der Waals surface area contributed by atoms with Crippen molar-refractivity contribution in [2.75, 3.05) is 5.32 Å². The first-order valence-corrected chi connectivity index (χ1v) is 12.9. The van der Waals surface area contributed by atoms with Crippen molar-refractivity contribution in [3.63, 3.8) is 0 Å². The van der Waals surface area contributed by atoms with Gasteiger partial charge in [-0.3, -0.25) is 9.59 Å². The van der Waals surface area contributed by atoms with Gasteiger partial charge in [-0.15, -0.1) is 22.7 Å². The van der Waals surface area contributed by atoms with Crippen molar-refractivity contribution < 1.29 is 22.8 Å². The highest BCUT2D eigenvalue weighted by atomic mass is 32.1. The van der Waals surface area contributed by atoms with Crippen LogP contribution in [0.5, 0.6) is 0 Å². The molecule has 0 radical (unpaired) electrons. The summed E-state index contributed by atoms with van der Waals surface area (Å²) in [5.74, 6) is -1.68. The quantitative estimate of drug-likeness (QED) is 0.413. The number of amides is 2.